The molecule has 86 valence electrons. The van der Waals surface area contributed by atoms with Gasteiger partial charge in [0, 0.05) is 5.39 Å². The second kappa shape index (κ2) is 3.26. The number of benzene rings is 3. The first-order chi connectivity index (χ1) is 8.86. The monoisotopic (exact) mass is 234 g/mol. The fourth-order valence-corrected chi connectivity index (χ4v) is 2.67. The lowest BCUT2D eigenvalue weighted by atomic mass is 9.98. The number of hydrogen-bond donors (Lipinski definition) is 1. The van der Waals surface area contributed by atoms with Crippen molar-refractivity contribution in [3.8, 4) is 5.75 Å². The summed E-state index contributed by atoms with van der Waals surface area (Å²) in [7, 11) is 0. The first kappa shape index (κ1) is 9.54. The summed E-state index contributed by atoms with van der Waals surface area (Å²) in [5.74, 6) is 0.262. The molecule has 1 heterocycles. The fourth-order valence-electron chi connectivity index (χ4n) is 2.67. The molecule has 1 N–H and O–H groups in total. The maximum absolute atomic E-state index is 10.1. The van der Waals surface area contributed by atoms with E-state index in [2.05, 4.69) is 12.1 Å². The molecule has 2 heteroatoms. The molecule has 0 bridgehead atoms. The van der Waals surface area contributed by atoms with Gasteiger partial charge in [0.1, 0.15) is 11.3 Å². The van der Waals surface area contributed by atoms with Crippen LogP contribution in [0.3, 0.4) is 0 Å². The molecule has 0 unspecified atom stereocenters. The van der Waals surface area contributed by atoms with Gasteiger partial charge >= 0.3 is 0 Å². The van der Waals surface area contributed by atoms with Crippen molar-refractivity contribution in [1.29, 1.82) is 0 Å². The van der Waals surface area contributed by atoms with Crippen molar-refractivity contribution in [3.63, 3.8) is 0 Å². The highest BCUT2D eigenvalue weighted by molar-refractivity contribution is 6.25. The Hall–Kier alpha value is -2.48. The van der Waals surface area contributed by atoms with E-state index in [0.717, 1.165) is 32.5 Å². The molecule has 3 aromatic carbocycles. The summed E-state index contributed by atoms with van der Waals surface area (Å²) >= 11 is 0. The van der Waals surface area contributed by atoms with E-state index in [1.54, 1.807) is 12.3 Å². The zero-order chi connectivity index (χ0) is 12.1. The Morgan fingerprint density at radius 1 is 0.722 bits per heavy atom. The Balaban J connectivity index is 2.49. The molecule has 0 saturated heterocycles. The maximum Gasteiger partial charge on any atom is 0.146 e. The summed E-state index contributed by atoms with van der Waals surface area (Å²) < 4.78 is 5.56. The third kappa shape index (κ3) is 1.07. The minimum atomic E-state index is 0.262. The van der Waals surface area contributed by atoms with Gasteiger partial charge in [-0.05, 0) is 28.3 Å². The van der Waals surface area contributed by atoms with Crippen LogP contribution in [0.25, 0.3) is 32.5 Å². The van der Waals surface area contributed by atoms with Gasteiger partial charge in [-0.15, -0.1) is 0 Å². The molecule has 0 aliphatic heterocycles. The van der Waals surface area contributed by atoms with Gasteiger partial charge < -0.3 is 9.52 Å². The van der Waals surface area contributed by atoms with Gasteiger partial charge in [-0.2, -0.15) is 0 Å². The molecule has 0 atom stereocenters. The van der Waals surface area contributed by atoms with Crippen molar-refractivity contribution in [2.45, 2.75) is 0 Å². The predicted octanol–water partition coefficient (Wildman–Crippen LogP) is 4.44. The van der Waals surface area contributed by atoms with E-state index in [-0.39, 0.29) is 5.75 Å². The van der Waals surface area contributed by atoms with Crippen LogP contribution in [0.15, 0.2) is 59.2 Å². The minimum absolute atomic E-state index is 0.262. The van der Waals surface area contributed by atoms with Crippen LogP contribution in [0.2, 0.25) is 0 Å². The molecule has 0 fully saturated rings. The normalized spacial score (nSPS) is 11.6. The van der Waals surface area contributed by atoms with E-state index in [0.29, 0.717) is 0 Å². The number of aromatic hydroxyl groups is 1. The summed E-state index contributed by atoms with van der Waals surface area (Å²) in [5, 5.41) is 15.2. The van der Waals surface area contributed by atoms with E-state index in [1.807, 2.05) is 30.3 Å². The van der Waals surface area contributed by atoms with Gasteiger partial charge in [0.05, 0.1) is 11.6 Å². The van der Waals surface area contributed by atoms with Gasteiger partial charge in [0.2, 0.25) is 0 Å². The summed E-state index contributed by atoms with van der Waals surface area (Å²) in [5.41, 5.74) is 0.752. The quantitative estimate of drug-likeness (QED) is 0.456. The topological polar surface area (TPSA) is 33.4 Å². The highest BCUT2D eigenvalue weighted by Crippen LogP contribution is 2.39. The third-order valence-electron chi connectivity index (χ3n) is 3.44. The van der Waals surface area contributed by atoms with Crippen molar-refractivity contribution < 1.29 is 9.52 Å². The number of phenolic OH excluding ortho intramolecular Hbond substituents is 1. The van der Waals surface area contributed by atoms with Crippen molar-refractivity contribution in [1.82, 2.24) is 0 Å². The molecule has 2 nitrogen and oxygen atoms in total. The predicted molar refractivity (Wildman–Crippen MR) is 72.9 cm³/mol. The smallest absolute Gasteiger partial charge is 0.146 e. The lowest BCUT2D eigenvalue weighted by Crippen LogP contribution is -1.80. The molecular weight excluding hydrogens is 224 g/mol. The summed E-state index contributed by atoms with van der Waals surface area (Å²) in [6, 6.07) is 15.7. The molecule has 18 heavy (non-hydrogen) atoms. The largest absolute Gasteiger partial charge is 0.507 e. The Morgan fingerprint density at radius 3 is 2.28 bits per heavy atom. The number of rotatable bonds is 0. The van der Waals surface area contributed by atoms with Crippen LogP contribution in [-0.4, -0.2) is 5.11 Å². The van der Waals surface area contributed by atoms with Crippen molar-refractivity contribution >= 4 is 32.5 Å². The van der Waals surface area contributed by atoms with Crippen molar-refractivity contribution in [3.05, 3.63) is 54.8 Å². The van der Waals surface area contributed by atoms with E-state index < -0.39 is 0 Å². The van der Waals surface area contributed by atoms with Crippen LogP contribution in [0.5, 0.6) is 5.75 Å². The number of phenols is 1. The zero-order valence-corrected chi connectivity index (χ0v) is 9.55. The lowest BCUT2D eigenvalue weighted by molar-refractivity contribution is 0.481. The Labute approximate surface area is 103 Å². The second-order valence-electron chi connectivity index (χ2n) is 4.41. The van der Waals surface area contributed by atoms with Crippen molar-refractivity contribution in [2.75, 3.05) is 0 Å². The lowest BCUT2D eigenvalue weighted by Gasteiger charge is -2.07. The highest BCUT2D eigenvalue weighted by atomic mass is 16.3. The first-order valence-electron chi connectivity index (χ1n) is 5.86. The Kier molecular flexibility index (Phi) is 1.73. The van der Waals surface area contributed by atoms with Crippen LogP contribution >= 0.6 is 0 Å². The summed E-state index contributed by atoms with van der Waals surface area (Å²) in [6.45, 7) is 0. The van der Waals surface area contributed by atoms with Gasteiger partial charge in [0.25, 0.3) is 0 Å². The number of hydrogen-bond acceptors (Lipinski definition) is 2. The Bertz CT molecular complexity index is 887. The average Bonchev–Trinajstić information content (AvgIpc) is 2.88. The molecule has 0 aliphatic rings. The van der Waals surface area contributed by atoms with E-state index in [4.69, 9.17) is 4.42 Å². The second-order valence-corrected chi connectivity index (χ2v) is 4.41. The van der Waals surface area contributed by atoms with Gasteiger partial charge in [-0.3, -0.25) is 0 Å². The van der Waals surface area contributed by atoms with Crippen LogP contribution in [-0.2, 0) is 0 Å². The van der Waals surface area contributed by atoms with Gasteiger partial charge in [-0.1, -0.05) is 36.4 Å². The number of furan rings is 1. The molecule has 0 spiro atoms. The van der Waals surface area contributed by atoms with E-state index in [9.17, 15) is 5.11 Å². The molecule has 4 rings (SSSR count). The molecular formula is C16H10O2. The summed E-state index contributed by atoms with van der Waals surface area (Å²) in [6.07, 6.45) is 1.67. The minimum Gasteiger partial charge on any atom is -0.507 e. The molecule has 0 radical (unpaired) electrons. The van der Waals surface area contributed by atoms with Crippen LogP contribution in [0.1, 0.15) is 0 Å². The standard InChI is InChI=1S/C16H10O2/c17-14-7-3-6-12-10-4-1-2-5-11(10)13-8-9-18-16(13)15(12)14/h1-9,17H. The zero-order valence-electron chi connectivity index (χ0n) is 9.55. The van der Waals surface area contributed by atoms with E-state index in [1.165, 1.54) is 0 Å². The van der Waals surface area contributed by atoms with Crippen LogP contribution in [0, 0.1) is 0 Å². The van der Waals surface area contributed by atoms with Crippen LogP contribution in [0.4, 0.5) is 0 Å². The highest BCUT2D eigenvalue weighted by Gasteiger charge is 2.12. The van der Waals surface area contributed by atoms with Crippen LogP contribution < -0.4 is 0 Å². The Morgan fingerprint density at radius 2 is 1.44 bits per heavy atom. The maximum atomic E-state index is 10.1. The molecule has 1 aromatic heterocycles. The summed E-state index contributed by atoms with van der Waals surface area (Å²) in [4.78, 5) is 0. The third-order valence-corrected chi connectivity index (χ3v) is 3.44. The fraction of sp³-hybridized carbons (Fsp3) is 0. The molecule has 4 aromatic rings. The average molecular weight is 234 g/mol. The first-order valence-corrected chi connectivity index (χ1v) is 5.86. The van der Waals surface area contributed by atoms with E-state index >= 15 is 0 Å². The molecule has 0 saturated carbocycles. The molecule has 0 aliphatic carbocycles. The SMILES string of the molecule is Oc1cccc2c3ccccc3c3ccoc3c12. The van der Waals surface area contributed by atoms with Gasteiger partial charge in [0.15, 0.2) is 0 Å². The van der Waals surface area contributed by atoms with Gasteiger partial charge in [-0.25, -0.2) is 0 Å². The number of fused-ring (bicyclic) bond motifs is 6. The van der Waals surface area contributed by atoms with Crippen molar-refractivity contribution in [2.24, 2.45) is 0 Å². The molecule has 0 amide bonds.